The predicted octanol–water partition coefficient (Wildman–Crippen LogP) is 2.04. The molecule has 2 rings (SSSR count). The maximum Gasteiger partial charge on any atom is 0.253 e. The van der Waals surface area contributed by atoms with Gasteiger partial charge in [-0.3, -0.25) is 4.79 Å². The van der Waals surface area contributed by atoms with Crippen LogP contribution in [0.5, 0.6) is 0 Å². The molecular formula is C16H18N2O2. The number of nitrogens with two attached hydrogens (primary N) is 1. The van der Waals surface area contributed by atoms with Gasteiger partial charge in [0.05, 0.1) is 18.2 Å². The summed E-state index contributed by atoms with van der Waals surface area (Å²) in [6.07, 6.45) is 0. The summed E-state index contributed by atoms with van der Waals surface area (Å²) < 4.78 is 0. The second-order valence-corrected chi connectivity index (χ2v) is 4.71. The Morgan fingerprint density at radius 3 is 2.60 bits per heavy atom. The molecule has 0 aromatic heterocycles. The van der Waals surface area contributed by atoms with Gasteiger partial charge in [-0.25, -0.2) is 0 Å². The van der Waals surface area contributed by atoms with Crippen molar-refractivity contribution in [3.8, 4) is 0 Å². The van der Waals surface area contributed by atoms with E-state index in [0.29, 0.717) is 11.3 Å². The molecule has 2 aromatic carbocycles. The topological polar surface area (TPSA) is 75.4 Å². The molecule has 0 unspecified atom stereocenters. The van der Waals surface area contributed by atoms with Crippen LogP contribution in [0.15, 0.2) is 48.5 Å². The molecule has 4 heteroatoms. The van der Waals surface area contributed by atoms with E-state index in [1.807, 2.05) is 43.3 Å². The van der Waals surface area contributed by atoms with Crippen molar-refractivity contribution in [3.63, 3.8) is 0 Å². The second-order valence-electron chi connectivity index (χ2n) is 4.71. The fraction of sp³-hybridized carbons (Fsp3) is 0.188. The molecule has 0 saturated carbocycles. The van der Waals surface area contributed by atoms with E-state index >= 15 is 0 Å². The van der Waals surface area contributed by atoms with Gasteiger partial charge in [0.1, 0.15) is 0 Å². The smallest absolute Gasteiger partial charge is 0.253 e. The standard InChI is InChI=1S/C16H18N2O2/c1-11-7-8-14(17)13(9-11)16(20)18-15(10-19)12-5-3-2-4-6-12/h2-9,15,19H,10,17H2,1H3,(H,18,20)/t15-/m0/s1. The molecule has 0 fully saturated rings. The predicted molar refractivity (Wildman–Crippen MR) is 79.3 cm³/mol. The summed E-state index contributed by atoms with van der Waals surface area (Å²) in [5.74, 6) is -0.283. The molecule has 0 heterocycles. The van der Waals surface area contributed by atoms with Crippen LogP contribution in [0.2, 0.25) is 0 Å². The van der Waals surface area contributed by atoms with Gasteiger partial charge in [0.15, 0.2) is 0 Å². The van der Waals surface area contributed by atoms with Crippen LogP contribution in [0.1, 0.15) is 27.5 Å². The molecule has 4 nitrogen and oxygen atoms in total. The van der Waals surface area contributed by atoms with Gasteiger partial charge in [-0.05, 0) is 24.6 Å². The maximum absolute atomic E-state index is 12.3. The fourth-order valence-electron chi connectivity index (χ4n) is 2.02. The Bertz CT molecular complexity index is 597. The van der Waals surface area contributed by atoms with Crippen molar-refractivity contribution in [2.24, 2.45) is 0 Å². The fourth-order valence-corrected chi connectivity index (χ4v) is 2.02. The highest BCUT2D eigenvalue weighted by molar-refractivity contribution is 5.99. The first kappa shape index (κ1) is 14.1. The van der Waals surface area contributed by atoms with Crippen molar-refractivity contribution in [2.45, 2.75) is 13.0 Å². The van der Waals surface area contributed by atoms with Gasteiger partial charge >= 0.3 is 0 Å². The molecule has 0 spiro atoms. The molecular weight excluding hydrogens is 252 g/mol. The van der Waals surface area contributed by atoms with Crippen LogP contribution >= 0.6 is 0 Å². The zero-order valence-corrected chi connectivity index (χ0v) is 11.3. The average Bonchev–Trinajstić information content (AvgIpc) is 2.48. The normalized spacial score (nSPS) is 11.9. The van der Waals surface area contributed by atoms with Gasteiger partial charge in [0, 0.05) is 5.69 Å². The SMILES string of the molecule is Cc1ccc(N)c(C(=O)N[C@@H](CO)c2ccccc2)c1. The number of rotatable bonds is 4. The van der Waals surface area contributed by atoms with Gasteiger partial charge in [-0.1, -0.05) is 42.0 Å². The van der Waals surface area contributed by atoms with Crippen LogP contribution < -0.4 is 11.1 Å². The first-order chi connectivity index (χ1) is 9.61. The zero-order valence-electron chi connectivity index (χ0n) is 11.3. The van der Waals surface area contributed by atoms with Crippen LogP contribution in [-0.2, 0) is 0 Å². The molecule has 0 aliphatic heterocycles. The van der Waals surface area contributed by atoms with Gasteiger partial charge in [-0.15, -0.1) is 0 Å². The summed E-state index contributed by atoms with van der Waals surface area (Å²) in [5, 5.41) is 12.3. The van der Waals surface area contributed by atoms with E-state index in [1.54, 1.807) is 12.1 Å². The summed E-state index contributed by atoms with van der Waals surface area (Å²) in [6, 6.07) is 14.2. The summed E-state index contributed by atoms with van der Waals surface area (Å²) in [4.78, 5) is 12.3. The highest BCUT2D eigenvalue weighted by Crippen LogP contribution is 2.17. The Labute approximate surface area is 118 Å². The van der Waals surface area contributed by atoms with Gasteiger partial charge < -0.3 is 16.2 Å². The van der Waals surface area contributed by atoms with Crippen molar-refractivity contribution in [1.82, 2.24) is 5.32 Å². The van der Waals surface area contributed by atoms with Crippen molar-refractivity contribution >= 4 is 11.6 Å². The van der Waals surface area contributed by atoms with Crippen LogP contribution in [0.4, 0.5) is 5.69 Å². The highest BCUT2D eigenvalue weighted by atomic mass is 16.3. The van der Waals surface area contributed by atoms with E-state index in [4.69, 9.17) is 5.73 Å². The molecule has 0 aliphatic carbocycles. The van der Waals surface area contributed by atoms with E-state index in [1.165, 1.54) is 0 Å². The van der Waals surface area contributed by atoms with Crippen molar-refractivity contribution in [1.29, 1.82) is 0 Å². The Morgan fingerprint density at radius 2 is 1.95 bits per heavy atom. The largest absolute Gasteiger partial charge is 0.398 e. The van der Waals surface area contributed by atoms with Crippen LogP contribution in [-0.4, -0.2) is 17.6 Å². The Morgan fingerprint density at radius 1 is 1.25 bits per heavy atom. The molecule has 0 radical (unpaired) electrons. The Balaban J connectivity index is 2.20. The third-order valence-electron chi connectivity index (χ3n) is 3.14. The first-order valence-electron chi connectivity index (χ1n) is 6.44. The van der Waals surface area contributed by atoms with Gasteiger partial charge in [0.25, 0.3) is 5.91 Å². The quantitative estimate of drug-likeness (QED) is 0.744. The molecule has 4 N–H and O–H groups in total. The molecule has 1 atom stereocenters. The molecule has 0 saturated heterocycles. The monoisotopic (exact) mass is 270 g/mol. The van der Waals surface area contributed by atoms with Crippen molar-refractivity contribution in [3.05, 3.63) is 65.2 Å². The summed E-state index contributed by atoms with van der Waals surface area (Å²) in [5.41, 5.74) is 8.50. The molecule has 104 valence electrons. The number of amides is 1. The summed E-state index contributed by atoms with van der Waals surface area (Å²) in [6.45, 7) is 1.73. The number of aliphatic hydroxyl groups is 1. The average molecular weight is 270 g/mol. The third-order valence-corrected chi connectivity index (χ3v) is 3.14. The minimum Gasteiger partial charge on any atom is -0.398 e. The van der Waals surface area contributed by atoms with Gasteiger partial charge in [0.2, 0.25) is 0 Å². The van der Waals surface area contributed by atoms with E-state index in [2.05, 4.69) is 5.32 Å². The number of hydrogen-bond donors (Lipinski definition) is 3. The molecule has 2 aromatic rings. The van der Waals surface area contributed by atoms with Crippen LogP contribution in [0, 0.1) is 6.92 Å². The van der Waals surface area contributed by atoms with E-state index in [0.717, 1.165) is 11.1 Å². The lowest BCUT2D eigenvalue weighted by Crippen LogP contribution is -2.31. The number of nitrogens with one attached hydrogen (secondary N) is 1. The van der Waals surface area contributed by atoms with Crippen LogP contribution in [0.25, 0.3) is 0 Å². The zero-order chi connectivity index (χ0) is 14.5. The number of carbonyl (C=O) groups excluding carboxylic acids is 1. The number of benzene rings is 2. The number of anilines is 1. The lowest BCUT2D eigenvalue weighted by atomic mass is 10.1. The second kappa shape index (κ2) is 6.21. The number of aliphatic hydroxyl groups excluding tert-OH is 1. The number of carbonyl (C=O) groups is 1. The Hall–Kier alpha value is -2.33. The maximum atomic E-state index is 12.3. The third kappa shape index (κ3) is 3.16. The van der Waals surface area contributed by atoms with Crippen LogP contribution in [0.3, 0.4) is 0 Å². The molecule has 0 bridgehead atoms. The summed E-state index contributed by atoms with van der Waals surface area (Å²) >= 11 is 0. The molecule has 20 heavy (non-hydrogen) atoms. The van der Waals surface area contributed by atoms with Gasteiger partial charge in [-0.2, -0.15) is 0 Å². The summed E-state index contributed by atoms with van der Waals surface area (Å²) in [7, 11) is 0. The minimum absolute atomic E-state index is 0.165. The Kier molecular flexibility index (Phi) is 4.38. The minimum atomic E-state index is -0.441. The molecule has 0 aliphatic rings. The number of aryl methyl sites for hydroxylation is 1. The number of hydrogen-bond acceptors (Lipinski definition) is 3. The van der Waals surface area contributed by atoms with E-state index < -0.39 is 6.04 Å². The van der Waals surface area contributed by atoms with E-state index in [9.17, 15) is 9.90 Å². The molecule has 1 amide bonds. The number of nitrogen functional groups attached to an aromatic ring is 1. The highest BCUT2D eigenvalue weighted by Gasteiger charge is 2.16. The van der Waals surface area contributed by atoms with Crippen molar-refractivity contribution < 1.29 is 9.90 Å². The lowest BCUT2D eigenvalue weighted by Gasteiger charge is -2.17. The lowest BCUT2D eigenvalue weighted by molar-refractivity contribution is 0.0917. The first-order valence-corrected chi connectivity index (χ1v) is 6.44. The van der Waals surface area contributed by atoms with Crippen molar-refractivity contribution in [2.75, 3.05) is 12.3 Å². The van der Waals surface area contributed by atoms with E-state index in [-0.39, 0.29) is 12.5 Å².